The Kier molecular flexibility index (Phi) is 3.16. The molecule has 16 heavy (non-hydrogen) atoms. The van der Waals surface area contributed by atoms with Crippen LogP contribution in [-0.4, -0.2) is 27.0 Å². The smallest absolute Gasteiger partial charge is 0.178 e. The first-order valence-corrected chi connectivity index (χ1v) is 5.05. The molecule has 2 heterocycles. The van der Waals surface area contributed by atoms with E-state index in [9.17, 15) is 0 Å². The minimum Gasteiger partial charge on any atom is -0.316 e. The van der Waals surface area contributed by atoms with E-state index in [0.29, 0.717) is 5.82 Å². The van der Waals surface area contributed by atoms with Gasteiger partial charge in [-0.15, -0.1) is 0 Å². The van der Waals surface area contributed by atoms with Crippen LogP contribution >= 0.6 is 0 Å². The van der Waals surface area contributed by atoms with Gasteiger partial charge < -0.3 is 5.32 Å². The van der Waals surface area contributed by atoms with Crippen molar-refractivity contribution >= 4 is 0 Å². The maximum Gasteiger partial charge on any atom is 0.178 e. The number of aryl methyl sites for hydroxylation is 1. The molecule has 0 aliphatic carbocycles. The molecular formula is C11H13N5. The Balaban J connectivity index is 2.27. The Labute approximate surface area is 94.0 Å². The van der Waals surface area contributed by atoms with Crippen molar-refractivity contribution in [2.24, 2.45) is 0 Å². The van der Waals surface area contributed by atoms with Gasteiger partial charge in [0, 0.05) is 30.7 Å². The SMILES string of the molecule is CNCc1cnc(-c2ccnc(C)n2)nc1. The molecule has 82 valence electrons. The first-order valence-electron chi connectivity index (χ1n) is 5.05. The largest absolute Gasteiger partial charge is 0.316 e. The summed E-state index contributed by atoms with van der Waals surface area (Å²) in [5.74, 6) is 1.35. The maximum atomic E-state index is 4.27. The lowest BCUT2D eigenvalue weighted by molar-refractivity contribution is 0.807. The van der Waals surface area contributed by atoms with Gasteiger partial charge in [-0.25, -0.2) is 19.9 Å². The van der Waals surface area contributed by atoms with Gasteiger partial charge in [0.05, 0.1) is 0 Å². The van der Waals surface area contributed by atoms with Crippen LogP contribution in [0, 0.1) is 6.92 Å². The first-order chi connectivity index (χ1) is 7.79. The highest BCUT2D eigenvalue weighted by atomic mass is 14.9. The fourth-order valence-corrected chi connectivity index (χ4v) is 1.36. The van der Waals surface area contributed by atoms with E-state index in [1.54, 1.807) is 24.7 Å². The van der Waals surface area contributed by atoms with Crippen LogP contribution in [0.3, 0.4) is 0 Å². The summed E-state index contributed by atoms with van der Waals surface area (Å²) in [6.07, 6.45) is 5.31. The molecule has 2 rings (SSSR count). The normalized spacial score (nSPS) is 10.4. The molecule has 0 amide bonds. The summed E-state index contributed by atoms with van der Waals surface area (Å²) in [6.45, 7) is 2.61. The highest BCUT2D eigenvalue weighted by molar-refractivity contribution is 5.47. The van der Waals surface area contributed by atoms with Crippen molar-refractivity contribution in [3.8, 4) is 11.5 Å². The highest BCUT2D eigenvalue weighted by Crippen LogP contribution is 2.10. The van der Waals surface area contributed by atoms with E-state index < -0.39 is 0 Å². The lowest BCUT2D eigenvalue weighted by Gasteiger charge is -2.01. The van der Waals surface area contributed by atoms with Crippen LogP contribution in [0.4, 0.5) is 0 Å². The van der Waals surface area contributed by atoms with Crippen LogP contribution < -0.4 is 5.32 Å². The predicted octanol–water partition coefficient (Wildman–Crippen LogP) is 0.961. The van der Waals surface area contributed by atoms with E-state index in [2.05, 4.69) is 25.3 Å². The van der Waals surface area contributed by atoms with Gasteiger partial charge in [0.25, 0.3) is 0 Å². The van der Waals surface area contributed by atoms with E-state index in [1.165, 1.54) is 0 Å². The van der Waals surface area contributed by atoms with E-state index in [4.69, 9.17) is 0 Å². The van der Waals surface area contributed by atoms with Crippen LogP contribution in [0.15, 0.2) is 24.7 Å². The summed E-state index contributed by atoms with van der Waals surface area (Å²) in [4.78, 5) is 16.8. The second kappa shape index (κ2) is 4.76. The number of nitrogens with zero attached hydrogens (tertiary/aromatic N) is 4. The molecule has 2 aromatic heterocycles. The molecule has 0 aromatic carbocycles. The molecule has 0 radical (unpaired) electrons. The molecule has 0 spiro atoms. The van der Waals surface area contributed by atoms with Crippen molar-refractivity contribution in [1.29, 1.82) is 0 Å². The van der Waals surface area contributed by atoms with Gasteiger partial charge in [-0.05, 0) is 20.0 Å². The number of aromatic nitrogens is 4. The van der Waals surface area contributed by atoms with Crippen LogP contribution in [0.1, 0.15) is 11.4 Å². The van der Waals surface area contributed by atoms with Crippen LogP contribution in [0.5, 0.6) is 0 Å². The van der Waals surface area contributed by atoms with Gasteiger partial charge in [-0.2, -0.15) is 0 Å². The molecule has 0 bridgehead atoms. The third-order valence-electron chi connectivity index (χ3n) is 2.09. The Hall–Kier alpha value is -1.88. The van der Waals surface area contributed by atoms with Crippen LogP contribution in [0.25, 0.3) is 11.5 Å². The lowest BCUT2D eigenvalue weighted by Crippen LogP contribution is -2.06. The van der Waals surface area contributed by atoms with Crippen molar-refractivity contribution in [3.05, 3.63) is 36.0 Å². The Bertz CT molecular complexity index is 466. The van der Waals surface area contributed by atoms with Gasteiger partial charge in [-0.3, -0.25) is 0 Å². The van der Waals surface area contributed by atoms with Crippen molar-refractivity contribution in [2.45, 2.75) is 13.5 Å². The van der Waals surface area contributed by atoms with Gasteiger partial charge in [0.1, 0.15) is 11.5 Å². The first kappa shape index (κ1) is 10.6. The van der Waals surface area contributed by atoms with Crippen LogP contribution in [0.2, 0.25) is 0 Å². The molecule has 0 saturated carbocycles. The standard InChI is InChI=1S/C11H13N5/c1-8-13-4-3-10(16-8)11-14-6-9(5-12-2)7-15-11/h3-4,6-7,12H,5H2,1-2H3. The average molecular weight is 215 g/mol. The minimum absolute atomic E-state index is 0.630. The molecule has 0 atom stereocenters. The van der Waals surface area contributed by atoms with Crippen LogP contribution in [-0.2, 0) is 6.54 Å². The molecule has 0 saturated heterocycles. The third-order valence-corrected chi connectivity index (χ3v) is 2.09. The van der Waals surface area contributed by atoms with Gasteiger partial charge >= 0.3 is 0 Å². The number of hydrogen-bond acceptors (Lipinski definition) is 5. The van der Waals surface area contributed by atoms with Crippen molar-refractivity contribution in [1.82, 2.24) is 25.3 Å². The monoisotopic (exact) mass is 215 g/mol. The fourth-order valence-electron chi connectivity index (χ4n) is 1.36. The second-order valence-corrected chi connectivity index (χ2v) is 3.43. The zero-order valence-corrected chi connectivity index (χ0v) is 9.31. The molecule has 0 aliphatic heterocycles. The lowest BCUT2D eigenvalue weighted by atomic mass is 10.3. The van der Waals surface area contributed by atoms with Crippen molar-refractivity contribution < 1.29 is 0 Å². The van der Waals surface area contributed by atoms with Crippen molar-refractivity contribution in [3.63, 3.8) is 0 Å². The Morgan fingerprint density at radius 1 is 1.19 bits per heavy atom. The molecule has 2 aromatic rings. The molecular weight excluding hydrogens is 202 g/mol. The maximum absolute atomic E-state index is 4.27. The molecule has 1 N–H and O–H groups in total. The fraction of sp³-hybridized carbons (Fsp3) is 0.273. The van der Waals surface area contributed by atoms with E-state index in [0.717, 1.165) is 23.6 Å². The molecule has 0 unspecified atom stereocenters. The molecule has 5 heteroatoms. The average Bonchev–Trinajstić information content (AvgIpc) is 2.30. The van der Waals surface area contributed by atoms with E-state index in [1.807, 2.05) is 14.0 Å². The quantitative estimate of drug-likeness (QED) is 0.826. The third kappa shape index (κ3) is 2.38. The Morgan fingerprint density at radius 3 is 2.56 bits per heavy atom. The van der Waals surface area contributed by atoms with E-state index >= 15 is 0 Å². The van der Waals surface area contributed by atoms with E-state index in [-0.39, 0.29) is 0 Å². The summed E-state index contributed by atoms with van der Waals surface area (Å²) in [7, 11) is 1.89. The molecule has 0 aliphatic rings. The molecule has 5 nitrogen and oxygen atoms in total. The molecule has 0 fully saturated rings. The topological polar surface area (TPSA) is 63.6 Å². The van der Waals surface area contributed by atoms with Gasteiger partial charge in [0.2, 0.25) is 0 Å². The minimum atomic E-state index is 0.630. The number of hydrogen-bond donors (Lipinski definition) is 1. The summed E-state index contributed by atoms with van der Waals surface area (Å²) < 4.78 is 0. The highest BCUT2D eigenvalue weighted by Gasteiger charge is 2.02. The zero-order valence-electron chi connectivity index (χ0n) is 9.31. The zero-order chi connectivity index (χ0) is 11.4. The number of rotatable bonds is 3. The van der Waals surface area contributed by atoms with Crippen molar-refractivity contribution in [2.75, 3.05) is 7.05 Å². The summed E-state index contributed by atoms with van der Waals surface area (Å²) >= 11 is 0. The van der Waals surface area contributed by atoms with Gasteiger partial charge in [-0.1, -0.05) is 0 Å². The van der Waals surface area contributed by atoms with Gasteiger partial charge in [0.15, 0.2) is 5.82 Å². The number of nitrogens with one attached hydrogen (secondary N) is 1. The second-order valence-electron chi connectivity index (χ2n) is 3.43. The Morgan fingerprint density at radius 2 is 1.94 bits per heavy atom. The summed E-state index contributed by atoms with van der Waals surface area (Å²) in [6, 6.07) is 1.81. The summed E-state index contributed by atoms with van der Waals surface area (Å²) in [5.41, 5.74) is 1.81. The predicted molar refractivity (Wildman–Crippen MR) is 60.6 cm³/mol. The summed E-state index contributed by atoms with van der Waals surface area (Å²) in [5, 5.41) is 3.05.